The SMILES string of the molecule is Cc1nc(NC(=O)c2ccccc2C)n(C)n1. The maximum atomic E-state index is 12.0. The fourth-order valence-electron chi connectivity index (χ4n) is 1.62. The molecular weight excluding hydrogens is 216 g/mol. The lowest BCUT2D eigenvalue weighted by Crippen LogP contribution is -2.16. The van der Waals surface area contributed by atoms with Crippen LogP contribution in [0.1, 0.15) is 21.7 Å². The molecule has 2 aromatic rings. The molecule has 5 nitrogen and oxygen atoms in total. The first-order chi connectivity index (χ1) is 8.08. The lowest BCUT2D eigenvalue weighted by atomic mass is 10.1. The molecule has 1 aromatic heterocycles. The van der Waals surface area contributed by atoms with Crippen LogP contribution in [0.4, 0.5) is 5.95 Å². The molecule has 5 heteroatoms. The predicted molar refractivity (Wildman–Crippen MR) is 64.9 cm³/mol. The van der Waals surface area contributed by atoms with Crippen LogP contribution < -0.4 is 5.32 Å². The summed E-state index contributed by atoms with van der Waals surface area (Å²) in [5.74, 6) is 0.918. The van der Waals surface area contributed by atoms with Gasteiger partial charge in [-0.2, -0.15) is 10.1 Å². The van der Waals surface area contributed by atoms with Crippen molar-refractivity contribution in [3.63, 3.8) is 0 Å². The van der Waals surface area contributed by atoms with Crippen LogP contribution in [-0.2, 0) is 7.05 Å². The Kier molecular flexibility index (Phi) is 2.91. The van der Waals surface area contributed by atoms with Gasteiger partial charge in [0.05, 0.1) is 0 Å². The second-order valence-corrected chi connectivity index (χ2v) is 3.88. The zero-order valence-corrected chi connectivity index (χ0v) is 10.1. The third-order valence-electron chi connectivity index (χ3n) is 2.48. The van der Waals surface area contributed by atoms with Crippen molar-refractivity contribution in [2.45, 2.75) is 13.8 Å². The van der Waals surface area contributed by atoms with Crippen molar-refractivity contribution in [3.05, 3.63) is 41.2 Å². The highest BCUT2D eigenvalue weighted by Crippen LogP contribution is 2.10. The molecule has 0 radical (unpaired) electrons. The lowest BCUT2D eigenvalue weighted by molar-refractivity contribution is 0.102. The van der Waals surface area contributed by atoms with Gasteiger partial charge in [0, 0.05) is 12.6 Å². The van der Waals surface area contributed by atoms with E-state index in [4.69, 9.17) is 0 Å². The van der Waals surface area contributed by atoms with E-state index in [1.807, 2.05) is 25.1 Å². The van der Waals surface area contributed by atoms with Crippen LogP contribution in [0.15, 0.2) is 24.3 Å². The molecule has 88 valence electrons. The topological polar surface area (TPSA) is 59.8 Å². The second kappa shape index (κ2) is 4.37. The summed E-state index contributed by atoms with van der Waals surface area (Å²) in [4.78, 5) is 16.1. The van der Waals surface area contributed by atoms with Crippen LogP contribution >= 0.6 is 0 Å². The molecule has 0 saturated heterocycles. The van der Waals surface area contributed by atoms with Crippen molar-refractivity contribution in [2.24, 2.45) is 7.05 Å². The highest BCUT2D eigenvalue weighted by Gasteiger charge is 2.11. The summed E-state index contributed by atoms with van der Waals surface area (Å²) < 4.78 is 1.55. The summed E-state index contributed by atoms with van der Waals surface area (Å²) in [6.45, 7) is 3.68. The quantitative estimate of drug-likeness (QED) is 0.854. The van der Waals surface area contributed by atoms with Crippen LogP contribution in [0.25, 0.3) is 0 Å². The third-order valence-corrected chi connectivity index (χ3v) is 2.48. The number of hydrogen-bond donors (Lipinski definition) is 1. The van der Waals surface area contributed by atoms with E-state index in [9.17, 15) is 4.79 Å². The molecule has 1 heterocycles. The first kappa shape index (κ1) is 11.3. The molecule has 0 aliphatic heterocycles. The average Bonchev–Trinajstić information content (AvgIpc) is 2.58. The molecule has 0 saturated carbocycles. The van der Waals surface area contributed by atoms with E-state index in [2.05, 4.69) is 15.4 Å². The standard InChI is InChI=1S/C12H14N4O/c1-8-6-4-5-7-10(8)11(17)14-12-13-9(2)15-16(12)3/h4-7H,1-3H3,(H,13,14,15,17). The van der Waals surface area contributed by atoms with Crippen molar-refractivity contribution in [2.75, 3.05) is 5.32 Å². The summed E-state index contributed by atoms with van der Waals surface area (Å²) >= 11 is 0. The van der Waals surface area contributed by atoms with Crippen molar-refractivity contribution >= 4 is 11.9 Å². The first-order valence-electron chi connectivity index (χ1n) is 5.32. The van der Waals surface area contributed by atoms with E-state index in [1.165, 1.54) is 0 Å². The summed E-state index contributed by atoms with van der Waals surface area (Å²) in [7, 11) is 1.74. The van der Waals surface area contributed by atoms with Crippen molar-refractivity contribution in [1.29, 1.82) is 0 Å². The zero-order chi connectivity index (χ0) is 12.4. The van der Waals surface area contributed by atoms with E-state index in [0.717, 1.165) is 5.56 Å². The molecule has 0 bridgehead atoms. The molecule has 0 aliphatic rings. The maximum absolute atomic E-state index is 12.0. The minimum atomic E-state index is -0.168. The summed E-state index contributed by atoms with van der Waals surface area (Å²) in [5.41, 5.74) is 1.58. The minimum absolute atomic E-state index is 0.168. The van der Waals surface area contributed by atoms with Gasteiger partial charge < -0.3 is 0 Å². The summed E-state index contributed by atoms with van der Waals surface area (Å²) in [5, 5.41) is 6.81. The van der Waals surface area contributed by atoms with E-state index >= 15 is 0 Å². The number of aryl methyl sites for hydroxylation is 3. The summed E-state index contributed by atoms with van der Waals surface area (Å²) in [6, 6.07) is 7.42. The van der Waals surface area contributed by atoms with E-state index in [1.54, 1.807) is 24.7 Å². The number of nitrogens with one attached hydrogen (secondary N) is 1. The van der Waals surface area contributed by atoms with E-state index < -0.39 is 0 Å². The fraction of sp³-hybridized carbons (Fsp3) is 0.250. The van der Waals surface area contributed by atoms with Gasteiger partial charge in [-0.05, 0) is 25.5 Å². The number of hydrogen-bond acceptors (Lipinski definition) is 3. The van der Waals surface area contributed by atoms with Gasteiger partial charge in [-0.25, -0.2) is 4.68 Å². The molecule has 0 fully saturated rings. The Bertz CT molecular complexity index is 559. The number of aromatic nitrogens is 3. The molecular formula is C12H14N4O. The molecule has 0 aliphatic carbocycles. The number of carbonyl (C=O) groups excluding carboxylic acids is 1. The number of carbonyl (C=O) groups is 1. The van der Waals surface area contributed by atoms with Crippen molar-refractivity contribution < 1.29 is 4.79 Å². The molecule has 1 N–H and O–H groups in total. The molecule has 1 aromatic carbocycles. The average molecular weight is 230 g/mol. The van der Waals surface area contributed by atoms with Crippen molar-refractivity contribution in [3.8, 4) is 0 Å². The zero-order valence-electron chi connectivity index (χ0n) is 10.1. The van der Waals surface area contributed by atoms with Crippen LogP contribution in [0, 0.1) is 13.8 Å². The Morgan fingerprint density at radius 1 is 1.29 bits per heavy atom. The van der Waals surface area contributed by atoms with E-state index in [-0.39, 0.29) is 5.91 Å². The number of amides is 1. The monoisotopic (exact) mass is 230 g/mol. The number of nitrogens with zero attached hydrogens (tertiary/aromatic N) is 3. The van der Waals surface area contributed by atoms with E-state index in [0.29, 0.717) is 17.3 Å². The smallest absolute Gasteiger partial charge is 0.258 e. The third kappa shape index (κ3) is 2.33. The molecule has 1 amide bonds. The summed E-state index contributed by atoms with van der Waals surface area (Å²) in [6.07, 6.45) is 0. The highest BCUT2D eigenvalue weighted by molar-refractivity contribution is 6.04. The van der Waals surface area contributed by atoms with Gasteiger partial charge in [-0.1, -0.05) is 18.2 Å². The minimum Gasteiger partial charge on any atom is -0.291 e. The second-order valence-electron chi connectivity index (χ2n) is 3.88. The van der Waals surface area contributed by atoms with Gasteiger partial charge >= 0.3 is 0 Å². The molecule has 0 unspecified atom stereocenters. The van der Waals surface area contributed by atoms with Gasteiger partial charge in [0.1, 0.15) is 5.82 Å². The normalized spacial score (nSPS) is 10.3. The Morgan fingerprint density at radius 2 is 2.00 bits per heavy atom. The van der Waals surface area contributed by atoms with Crippen LogP contribution in [0.5, 0.6) is 0 Å². The van der Waals surface area contributed by atoms with Gasteiger partial charge in [0.15, 0.2) is 0 Å². The van der Waals surface area contributed by atoms with Crippen molar-refractivity contribution in [1.82, 2.24) is 14.8 Å². The van der Waals surface area contributed by atoms with Gasteiger partial charge in [-0.3, -0.25) is 10.1 Å². The van der Waals surface area contributed by atoms with Crippen LogP contribution in [-0.4, -0.2) is 20.7 Å². The van der Waals surface area contributed by atoms with Gasteiger partial charge in [0.2, 0.25) is 5.95 Å². The Labute approximate surface area is 99.5 Å². The Hall–Kier alpha value is -2.17. The molecule has 17 heavy (non-hydrogen) atoms. The van der Waals surface area contributed by atoms with Gasteiger partial charge in [-0.15, -0.1) is 0 Å². The van der Waals surface area contributed by atoms with Crippen LogP contribution in [0.3, 0.4) is 0 Å². The molecule has 2 rings (SSSR count). The first-order valence-corrected chi connectivity index (χ1v) is 5.32. The number of rotatable bonds is 2. The molecule has 0 atom stereocenters. The predicted octanol–water partition coefficient (Wildman–Crippen LogP) is 1.68. The van der Waals surface area contributed by atoms with Gasteiger partial charge in [0.25, 0.3) is 5.91 Å². The van der Waals surface area contributed by atoms with Crippen LogP contribution in [0.2, 0.25) is 0 Å². The maximum Gasteiger partial charge on any atom is 0.258 e. The highest BCUT2D eigenvalue weighted by atomic mass is 16.1. The Morgan fingerprint density at radius 3 is 2.59 bits per heavy atom. The fourth-order valence-corrected chi connectivity index (χ4v) is 1.62. The molecule has 0 spiro atoms. The Balaban J connectivity index is 2.23. The number of benzene rings is 1. The largest absolute Gasteiger partial charge is 0.291 e. The number of anilines is 1. The lowest BCUT2D eigenvalue weighted by Gasteiger charge is -2.05.